The Balaban J connectivity index is 1.13. The zero-order valence-corrected chi connectivity index (χ0v) is 20.5. The standard InChI is InChI=1S/C28H38FN3O2/c1-27(34)12-10-20-17(15-27)6-8-22-21(20)11-13-28(2)18(7-9-23(22)28)14-19(33)16-32-30-25-5-3-4-24(29)26(25)31-32/h3-5,17-18,20-23,34H,6-16H2,1-2H3/t17-,18-,20+,21-,22-,23+,27-,28-/m1/s1. The lowest BCUT2D eigenvalue weighted by Crippen LogP contribution is -2.50. The minimum atomic E-state index is -0.461. The van der Waals surface area contributed by atoms with Crippen LogP contribution in [-0.2, 0) is 11.3 Å². The molecule has 1 aromatic heterocycles. The number of Topliss-reactive ketones (excluding diaryl/α,β-unsaturated/α-hetero) is 1. The van der Waals surface area contributed by atoms with Crippen molar-refractivity contribution >= 4 is 16.8 Å². The largest absolute Gasteiger partial charge is 0.390 e. The topological polar surface area (TPSA) is 68.0 Å². The molecule has 1 N–H and O–H groups in total. The molecule has 0 bridgehead atoms. The summed E-state index contributed by atoms with van der Waals surface area (Å²) in [7, 11) is 0. The van der Waals surface area contributed by atoms with Crippen molar-refractivity contribution in [3.8, 4) is 0 Å². The van der Waals surface area contributed by atoms with Crippen molar-refractivity contribution in [1.82, 2.24) is 15.0 Å². The highest BCUT2D eigenvalue weighted by Gasteiger charge is 2.57. The Morgan fingerprint density at radius 2 is 1.88 bits per heavy atom. The Morgan fingerprint density at radius 3 is 2.71 bits per heavy atom. The van der Waals surface area contributed by atoms with Crippen molar-refractivity contribution in [2.24, 2.45) is 40.9 Å². The van der Waals surface area contributed by atoms with E-state index < -0.39 is 11.4 Å². The van der Waals surface area contributed by atoms with E-state index in [2.05, 4.69) is 17.1 Å². The molecule has 0 amide bonds. The summed E-state index contributed by atoms with van der Waals surface area (Å²) in [5, 5.41) is 19.2. The van der Waals surface area contributed by atoms with E-state index in [1.54, 1.807) is 12.1 Å². The van der Waals surface area contributed by atoms with Gasteiger partial charge in [0.05, 0.1) is 5.60 Å². The number of fused-ring (bicyclic) bond motifs is 6. The molecule has 2 aromatic rings. The minimum absolute atomic E-state index is 0.126. The number of rotatable bonds is 4. The number of benzene rings is 1. The first-order valence-corrected chi connectivity index (χ1v) is 13.5. The molecule has 184 valence electrons. The molecule has 4 saturated carbocycles. The summed E-state index contributed by atoms with van der Waals surface area (Å²) in [6.07, 6.45) is 11.2. The summed E-state index contributed by atoms with van der Waals surface area (Å²) < 4.78 is 14.0. The van der Waals surface area contributed by atoms with E-state index in [1.165, 1.54) is 49.4 Å². The fourth-order valence-electron chi connectivity index (χ4n) is 9.04. The van der Waals surface area contributed by atoms with Gasteiger partial charge in [-0.3, -0.25) is 4.79 Å². The van der Waals surface area contributed by atoms with Gasteiger partial charge in [0.25, 0.3) is 0 Å². The number of nitrogens with zero attached hydrogens (tertiary/aromatic N) is 3. The van der Waals surface area contributed by atoms with Gasteiger partial charge in [0, 0.05) is 6.42 Å². The molecule has 0 unspecified atom stereocenters. The van der Waals surface area contributed by atoms with Crippen LogP contribution >= 0.6 is 0 Å². The van der Waals surface area contributed by atoms with Gasteiger partial charge in [0.15, 0.2) is 11.6 Å². The molecule has 0 saturated heterocycles. The highest BCUT2D eigenvalue weighted by molar-refractivity contribution is 5.79. The number of halogens is 1. The molecule has 4 aliphatic carbocycles. The van der Waals surface area contributed by atoms with Crippen LogP contribution in [0.25, 0.3) is 11.0 Å². The molecule has 4 fully saturated rings. The molecule has 4 aliphatic rings. The Hall–Kier alpha value is -1.82. The summed E-state index contributed by atoms with van der Waals surface area (Å²) >= 11 is 0. The second-order valence-electron chi connectivity index (χ2n) is 12.6. The second kappa shape index (κ2) is 8.11. The highest BCUT2D eigenvalue weighted by atomic mass is 19.1. The quantitative estimate of drug-likeness (QED) is 0.640. The molecule has 0 aliphatic heterocycles. The van der Waals surface area contributed by atoms with E-state index in [-0.39, 0.29) is 23.3 Å². The third kappa shape index (κ3) is 3.71. The van der Waals surface area contributed by atoms with Gasteiger partial charge in [-0.1, -0.05) is 13.0 Å². The van der Waals surface area contributed by atoms with Gasteiger partial charge < -0.3 is 5.11 Å². The summed E-state index contributed by atoms with van der Waals surface area (Å²) in [5.41, 5.74) is 0.523. The van der Waals surface area contributed by atoms with E-state index in [0.29, 0.717) is 23.8 Å². The van der Waals surface area contributed by atoms with E-state index in [9.17, 15) is 14.3 Å². The lowest BCUT2D eigenvalue weighted by atomic mass is 9.49. The maximum atomic E-state index is 14.0. The van der Waals surface area contributed by atoms with Crippen LogP contribution < -0.4 is 0 Å². The van der Waals surface area contributed by atoms with Crippen molar-refractivity contribution in [3.05, 3.63) is 24.0 Å². The first-order chi connectivity index (χ1) is 16.2. The lowest BCUT2D eigenvalue weighted by molar-refractivity contribution is -0.124. The first-order valence-electron chi connectivity index (χ1n) is 13.5. The van der Waals surface area contributed by atoms with Gasteiger partial charge in [0.2, 0.25) is 0 Å². The van der Waals surface area contributed by atoms with Crippen LogP contribution in [0, 0.1) is 46.7 Å². The molecular formula is C28H38FN3O2. The lowest BCUT2D eigenvalue weighted by Gasteiger charge is -2.57. The molecule has 1 aromatic carbocycles. The molecule has 8 atom stereocenters. The van der Waals surface area contributed by atoms with E-state index >= 15 is 0 Å². The van der Waals surface area contributed by atoms with Gasteiger partial charge in [0.1, 0.15) is 17.6 Å². The Morgan fingerprint density at radius 1 is 1.06 bits per heavy atom. The van der Waals surface area contributed by atoms with E-state index in [0.717, 1.165) is 42.9 Å². The molecule has 34 heavy (non-hydrogen) atoms. The summed E-state index contributed by atoms with van der Waals surface area (Å²) in [4.78, 5) is 14.4. The van der Waals surface area contributed by atoms with Crippen LogP contribution in [0.5, 0.6) is 0 Å². The Bertz CT molecular complexity index is 1100. The molecule has 6 heteroatoms. The van der Waals surface area contributed by atoms with Crippen LogP contribution in [-0.4, -0.2) is 31.5 Å². The van der Waals surface area contributed by atoms with Crippen LogP contribution in [0.4, 0.5) is 4.39 Å². The molecule has 1 heterocycles. The van der Waals surface area contributed by atoms with Gasteiger partial charge >= 0.3 is 0 Å². The number of hydrogen-bond acceptors (Lipinski definition) is 4. The summed E-state index contributed by atoms with van der Waals surface area (Å²) in [5.74, 6) is 4.04. The molecule has 0 spiro atoms. The zero-order valence-electron chi connectivity index (χ0n) is 20.5. The number of carbonyl (C=O) groups is 1. The molecule has 0 radical (unpaired) electrons. The van der Waals surface area contributed by atoms with Gasteiger partial charge in [-0.25, -0.2) is 4.39 Å². The molecular weight excluding hydrogens is 429 g/mol. The smallest absolute Gasteiger partial charge is 0.156 e. The maximum absolute atomic E-state index is 14.0. The third-order valence-corrected chi connectivity index (χ3v) is 10.6. The first kappa shape index (κ1) is 22.6. The average Bonchev–Trinajstić information content (AvgIpc) is 3.34. The number of ketones is 1. The third-order valence-electron chi connectivity index (χ3n) is 10.6. The van der Waals surface area contributed by atoms with E-state index in [4.69, 9.17) is 0 Å². The van der Waals surface area contributed by atoms with Crippen molar-refractivity contribution in [3.63, 3.8) is 0 Å². The minimum Gasteiger partial charge on any atom is -0.390 e. The highest BCUT2D eigenvalue weighted by Crippen LogP contribution is 2.65. The monoisotopic (exact) mass is 467 g/mol. The average molecular weight is 468 g/mol. The number of aromatic nitrogens is 3. The second-order valence-corrected chi connectivity index (χ2v) is 12.6. The number of carbonyl (C=O) groups excluding carboxylic acids is 1. The predicted molar refractivity (Wildman–Crippen MR) is 128 cm³/mol. The van der Waals surface area contributed by atoms with Crippen molar-refractivity contribution in [2.45, 2.75) is 90.2 Å². The fourth-order valence-corrected chi connectivity index (χ4v) is 9.04. The fraction of sp³-hybridized carbons (Fsp3) is 0.750. The SMILES string of the molecule is C[C@@]1(O)CC[C@H]2[C@H](CC[C@@H]3[C@@H]2CC[C@]2(C)[C@@H](CC(=O)Cn4nc5cccc(F)c5n4)CC[C@@H]32)C1. The van der Waals surface area contributed by atoms with Crippen LogP contribution in [0.2, 0.25) is 0 Å². The summed E-state index contributed by atoms with van der Waals surface area (Å²) in [6, 6.07) is 4.73. The van der Waals surface area contributed by atoms with Crippen LogP contribution in [0.3, 0.4) is 0 Å². The van der Waals surface area contributed by atoms with Crippen molar-refractivity contribution in [1.29, 1.82) is 0 Å². The normalized spacial score (nSPS) is 41.6. The number of aliphatic hydroxyl groups is 1. The van der Waals surface area contributed by atoms with Gasteiger partial charge in [-0.15, -0.1) is 5.10 Å². The maximum Gasteiger partial charge on any atom is 0.156 e. The summed E-state index contributed by atoms with van der Waals surface area (Å²) in [6.45, 7) is 4.62. The van der Waals surface area contributed by atoms with Crippen LogP contribution in [0.1, 0.15) is 78.1 Å². The number of hydrogen-bond donors (Lipinski definition) is 1. The van der Waals surface area contributed by atoms with Gasteiger partial charge in [-0.05, 0) is 118 Å². The predicted octanol–water partition coefficient (Wildman–Crippen LogP) is 5.55. The van der Waals surface area contributed by atoms with Crippen LogP contribution in [0.15, 0.2) is 18.2 Å². The van der Waals surface area contributed by atoms with Crippen molar-refractivity contribution < 1.29 is 14.3 Å². The molecule has 6 rings (SSSR count). The Kier molecular flexibility index (Phi) is 5.40. The van der Waals surface area contributed by atoms with E-state index in [1.807, 2.05) is 6.92 Å². The van der Waals surface area contributed by atoms with Gasteiger partial charge in [-0.2, -0.15) is 9.90 Å². The van der Waals surface area contributed by atoms with Crippen molar-refractivity contribution in [2.75, 3.05) is 0 Å². The Labute approximate surface area is 201 Å². The molecule has 5 nitrogen and oxygen atoms in total. The zero-order chi connectivity index (χ0) is 23.7.